The highest BCUT2D eigenvalue weighted by atomic mass is 16.6. The number of hydrogen-bond acceptors (Lipinski definition) is 5. The summed E-state index contributed by atoms with van der Waals surface area (Å²) in [5.74, 6) is 1.16. The van der Waals surface area contributed by atoms with E-state index in [1.807, 2.05) is 53.2 Å². The Labute approximate surface area is 180 Å². The minimum atomic E-state index is -2.13. The second-order valence-electron chi connectivity index (χ2n) is 7.66. The number of nitro benzene ring substituents is 1. The van der Waals surface area contributed by atoms with E-state index >= 15 is 0 Å². The molecule has 0 spiro atoms. The maximum absolute atomic E-state index is 11.3. The van der Waals surface area contributed by atoms with Crippen LogP contribution in [0.1, 0.15) is 19.4 Å². The Kier molecular flexibility index (Phi) is 4.43. The molecule has 0 aliphatic carbocycles. The second kappa shape index (κ2) is 7.16. The molecule has 3 aromatic carbocycles. The van der Waals surface area contributed by atoms with Crippen molar-refractivity contribution in [1.29, 1.82) is 0 Å². The number of non-ortho nitro benzene ring substituents is 1. The van der Waals surface area contributed by atoms with E-state index in [4.69, 9.17) is 9.31 Å². The van der Waals surface area contributed by atoms with Crippen LogP contribution in [-0.2, 0) is 0 Å². The fourth-order valence-electron chi connectivity index (χ4n) is 4.42. The molecule has 0 amide bonds. The van der Waals surface area contributed by atoms with Crippen LogP contribution in [-0.4, -0.2) is 35.4 Å². The zero-order valence-electron chi connectivity index (χ0n) is 17.4. The van der Waals surface area contributed by atoms with E-state index in [9.17, 15) is 10.1 Å². The van der Waals surface area contributed by atoms with Gasteiger partial charge in [-0.05, 0) is 31.4 Å². The van der Waals surface area contributed by atoms with Crippen molar-refractivity contribution in [3.05, 3.63) is 82.4 Å². The Morgan fingerprint density at radius 3 is 2.42 bits per heavy atom. The predicted molar refractivity (Wildman–Crippen MR) is 121 cm³/mol. The van der Waals surface area contributed by atoms with Gasteiger partial charge in [-0.2, -0.15) is 0 Å². The van der Waals surface area contributed by atoms with Crippen LogP contribution >= 0.6 is 0 Å². The van der Waals surface area contributed by atoms with Gasteiger partial charge in [0.15, 0.2) is 11.4 Å². The Bertz CT molecular complexity index is 1210. The highest BCUT2D eigenvalue weighted by molar-refractivity contribution is 6.77. The molecule has 0 unspecified atom stereocenters. The van der Waals surface area contributed by atoms with Crippen molar-refractivity contribution in [2.24, 2.45) is 0 Å². The molecule has 2 aliphatic heterocycles. The highest BCUT2D eigenvalue weighted by Crippen LogP contribution is 2.44. The van der Waals surface area contributed by atoms with Crippen molar-refractivity contribution in [1.82, 2.24) is 0 Å². The van der Waals surface area contributed by atoms with E-state index in [1.165, 1.54) is 12.1 Å². The summed E-state index contributed by atoms with van der Waals surface area (Å²) in [6, 6.07) is 20.6. The summed E-state index contributed by atoms with van der Waals surface area (Å²) in [5.41, 5.74) is 3.60. The quantitative estimate of drug-likeness (QED) is 0.360. The third-order valence-corrected chi connectivity index (χ3v) is 6.00. The van der Waals surface area contributed by atoms with Crippen molar-refractivity contribution in [2.75, 3.05) is 18.0 Å². The van der Waals surface area contributed by atoms with Gasteiger partial charge in [0.25, 0.3) is 5.69 Å². The predicted octanol–water partition coefficient (Wildman–Crippen LogP) is 3.84. The third kappa shape index (κ3) is 2.94. The molecular formula is C23H22BN3O4. The summed E-state index contributed by atoms with van der Waals surface area (Å²) in [5, 5.41) is 11.3. The average Bonchev–Trinajstić information content (AvgIpc) is 3.12. The van der Waals surface area contributed by atoms with Crippen LogP contribution < -0.4 is 19.7 Å². The van der Waals surface area contributed by atoms with E-state index in [0.29, 0.717) is 5.75 Å². The first-order chi connectivity index (χ1) is 15.1. The molecule has 0 saturated heterocycles. The number of nitrogens with zero attached hydrogens (tertiary/aromatic N) is 3. The lowest BCUT2D eigenvalue weighted by Gasteiger charge is -2.36. The fraction of sp³-hybridized carbons (Fsp3) is 0.174. The molecule has 0 aromatic heterocycles. The zero-order chi connectivity index (χ0) is 21.6. The lowest BCUT2D eigenvalue weighted by Crippen LogP contribution is -2.65. The molecule has 5 rings (SSSR count). The molecular weight excluding hydrogens is 393 g/mol. The van der Waals surface area contributed by atoms with E-state index in [2.05, 4.69) is 24.8 Å². The van der Waals surface area contributed by atoms with Crippen LogP contribution in [0.3, 0.4) is 0 Å². The van der Waals surface area contributed by atoms with Crippen LogP contribution in [0.2, 0.25) is 0 Å². The summed E-state index contributed by atoms with van der Waals surface area (Å²) >= 11 is 0. The Hall–Kier alpha value is -3.81. The minimum absolute atomic E-state index is 0.0149. The van der Waals surface area contributed by atoms with Crippen molar-refractivity contribution in [3.63, 3.8) is 0 Å². The molecule has 0 fully saturated rings. The van der Waals surface area contributed by atoms with Crippen molar-refractivity contribution >= 4 is 35.4 Å². The first-order valence-corrected chi connectivity index (χ1v) is 10.4. The summed E-state index contributed by atoms with van der Waals surface area (Å²) < 4.78 is 15.0. The van der Waals surface area contributed by atoms with Gasteiger partial charge in [-0.15, -0.1) is 0 Å². The van der Waals surface area contributed by atoms with Gasteiger partial charge in [-0.25, -0.2) is 0 Å². The Morgan fingerprint density at radius 1 is 0.968 bits per heavy atom. The number of benzene rings is 3. The van der Waals surface area contributed by atoms with Crippen LogP contribution in [0.25, 0.3) is 0 Å². The maximum atomic E-state index is 11.3. The first-order valence-electron chi connectivity index (χ1n) is 10.4. The van der Waals surface area contributed by atoms with Crippen LogP contribution in [0, 0.1) is 10.1 Å². The minimum Gasteiger partial charge on any atom is -0.618 e. The topological polar surface area (TPSA) is 67.9 Å². The molecule has 0 radical (unpaired) electrons. The van der Waals surface area contributed by atoms with E-state index in [1.54, 1.807) is 6.07 Å². The SMILES string of the molecule is CCN(CC)c1ccc2c(c1)O[B@@-]1(c3ccccc3)Oc3cc([N+](=O)[O-])ccc3[N+]1=C2. The summed E-state index contributed by atoms with van der Waals surface area (Å²) in [6.07, 6.45) is 2.01. The standard InChI is InChI=1S/C23H22BN3O4/c1-3-25(4-2)19-11-10-17-16-26-21-13-12-20(27(28)29)15-23(21)31-24(26,30-22(17)14-19)18-8-6-5-7-9-18/h5-16H,3-4H2,1-2H3/t24-/m0/s1. The summed E-state index contributed by atoms with van der Waals surface area (Å²) in [4.78, 5) is 13.1. The molecule has 1 atom stereocenters. The molecule has 31 heavy (non-hydrogen) atoms. The number of nitro groups is 1. The van der Waals surface area contributed by atoms with Crippen molar-refractivity contribution < 1.29 is 18.7 Å². The van der Waals surface area contributed by atoms with E-state index in [0.717, 1.165) is 41.2 Å². The third-order valence-electron chi connectivity index (χ3n) is 6.00. The number of hydrogen-bond donors (Lipinski definition) is 0. The fourth-order valence-corrected chi connectivity index (χ4v) is 4.42. The zero-order valence-corrected chi connectivity index (χ0v) is 17.4. The molecule has 0 N–H and O–H groups in total. The normalized spacial score (nSPS) is 18.1. The highest BCUT2D eigenvalue weighted by Gasteiger charge is 2.57. The average molecular weight is 415 g/mol. The number of anilines is 1. The molecule has 3 aromatic rings. The molecule has 0 saturated carbocycles. The maximum Gasteiger partial charge on any atom is 0.685 e. The summed E-state index contributed by atoms with van der Waals surface area (Å²) in [7, 11) is 0. The van der Waals surface area contributed by atoms with Gasteiger partial charge in [0, 0.05) is 37.0 Å². The lowest BCUT2D eigenvalue weighted by atomic mass is 9.62. The van der Waals surface area contributed by atoms with E-state index in [-0.39, 0.29) is 5.69 Å². The summed E-state index contributed by atoms with van der Waals surface area (Å²) in [6.45, 7) is 3.90. The van der Waals surface area contributed by atoms with Gasteiger partial charge in [0.2, 0.25) is 0 Å². The molecule has 2 aliphatic rings. The van der Waals surface area contributed by atoms with Gasteiger partial charge < -0.3 is 18.7 Å². The molecule has 8 heteroatoms. The van der Waals surface area contributed by atoms with Gasteiger partial charge >= 0.3 is 6.69 Å². The second-order valence-corrected chi connectivity index (χ2v) is 7.66. The van der Waals surface area contributed by atoms with Crippen molar-refractivity contribution in [3.8, 4) is 11.5 Å². The first kappa shape index (κ1) is 19.2. The van der Waals surface area contributed by atoms with Crippen LogP contribution in [0.15, 0.2) is 66.7 Å². The Balaban J connectivity index is 1.69. The van der Waals surface area contributed by atoms with Gasteiger partial charge in [-0.1, -0.05) is 30.3 Å². The largest absolute Gasteiger partial charge is 0.685 e. The molecule has 2 heterocycles. The molecule has 156 valence electrons. The Morgan fingerprint density at radius 2 is 1.71 bits per heavy atom. The number of fused-ring (bicyclic) bond motifs is 4. The van der Waals surface area contributed by atoms with Gasteiger partial charge in [0.1, 0.15) is 6.21 Å². The smallest absolute Gasteiger partial charge is 0.618 e. The van der Waals surface area contributed by atoms with Crippen LogP contribution in [0.4, 0.5) is 17.1 Å². The van der Waals surface area contributed by atoms with E-state index < -0.39 is 11.6 Å². The lowest BCUT2D eigenvalue weighted by molar-refractivity contribution is -0.385. The van der Waals surface area contributed by atoms with Gasteiger partial charge in [-0.3, -0.25) is 10.1 Å². The number of rotatable bonds is 5. The molecule has 0 bridgehead atoms. The monoisotopic (exact) mass is 415 g/mol. The van der Waals surface area contributed by atoms with Crippen molar-refractivity contribution in [2.45, 2.75) is 13.8 Å². The van der Waals surface area contributed by atoms with Crippen LogP contribution in [0.5, 0.6) is 11.5 Å². The van der Waals surface area contributed by atoms with Gasteiger partial charge in [0.05, 0.1) is 22.3 Å². The molecule has 7 nitrogen and oxygen atoms in total.